The summed E-state index contributed by atoms with van der Waals surface area (Å²) < 4.78 is 4.84. The molecule has 0 bridgehead atoms. The van der Waals surface area contributed by atoms with Gasteiger partial charge in [0.2, 0.25) is 0 Å². The Morgan fingerprint density at radius 2 is 1.75 bits per heavy atom. The molecule has 1 N–H and O–H groups in total. The van der Waals surface area contributed by atoms with Gasteiger partial charge in [-0.2, -0.15) is 0 Å². The second-order valence-corrected chi connectivity index (χ2v) is 3.17. The molecule has 16 heavy (non-hydrogen) atoms. The Kier molecular flexibility index (Phi) is 14.5. The Bertz CT molecular complexity index is 191. The smallest absolute Gasteiger partial charge is 0.306 e. The standard InChI is InChI=1S/C10H18O4.CH2O/c1-2-3-4-5-8-14-10(13)7-6-9(11)12;1-2/h2-8H2,1H3,(H,11,12);1H2. The zero-order chi connectivity index (χ0) is 12.8. The summed E-state index contributed by atoms with van der Waals surface area (Å²) in [7, 11) is 0. The van der Waals surface area contributed by atoms with Crippen LogP contribution in [-0.4, -0.2) is 30.4 Å². The summed E-state index contributed by atoms with van der Waals surface area (Å²) >= 11 is 0. The van der Waals surface area contributed by atoms with Crippen molar-refractivity contribution >= 4 is 18.7 Å². The van der Waals surface area contributed by atoms with E-state index in [1.807, 2.05) is 6.79 Å². The topological polar surface area (TPSA) is 80.7 Å². The van der Waals surface area contributed by atoms with Crippen LogP contribution in [-0.2, 0) is 19.1 Å². The van der Waals surface area contributed by atoms with Gasteiger partial charge >= 0.3 is 11.9 Å². The molecule has 0 saturated carbocycles. The van der Waals surface area contributed by atoms with Crippen LogP contribution < -0.4 is 0 Å². The normalized spacial score (nSPS) is 8.81. The number of hydrogen-bond donors (Lipinski definition) is 1. The molecule has 94 valence electrons. The van der Waals surface area contributed by atoms with Crippen molar-refractivity contribution in [3.8, 4) is 0 Å². The van der Waals surface area contributed by atoms with E-state index in [4.69, 9.17) is 14.6 Å². The van der Waals surface area contributed by atoms with Crippen LogP contribution in [0.25, 0.3) is 0 Å². The van der Waals surface area contributed by atoms with Crippen LogP contribution in [0.4, 0.5) is 0 Å². The van der Waals surface area contributed by atoms with Gasteiger partial charge in [0.15, 0.2) is 0 Å². The van der Waals surface area contributed by atoms with Crippen molar-refractivity contribution < 1.29 is 24.2 Å². The molecule has 0 radical (unpaired) electrons. The molecule has 0 aromatic heterocycles. The highest BCUT2D eigenvalue weighted by Gasteiger charge is 2.05. The first-order valence-electron chi connectivity index (χ1n) is 5.33. The molecular formula is C11H20O5. The van der Waals surface area contributed by atoms with Gasteiger partial charge in [0, 0.05) is 0 Å². The van der Waals surface area contributed by atoms with E-state index in [0.717, 1.165) is 25.7 Å². The highest BCUT2D eigenvalue weighted by atomic mass is 16.5. The van der Waals surface area contributed by atoms with E-state index in [1.54, 1.807) is 0 Å². The van der Waals surface area contributed by atoms with Crippen molar-refractivity contribution in [1.82, 2.24) is 0 Å². The van der Waals surface area contributed by atoms with E-state index in [-0.39, 0.29) is 12.8 Å². The molecule has 0 amide bonds. The molecule has 0 unspecified atom stereocenters. The van der Waals surface area contributed by atoms with Gasteiger partial charge in [-0.3, -0.25) is 9.59 Å². The van der Waals surface area contributed by atoms with Crippen molar-refractivity contribution in [3.63, 3.8) is 0 Å². The van der Waals surface area contributed by atoms with Gasteiger partial charge in [-0.05, 0) is 6.42 Å². The van der Waals surface area contributed by atoms with E-state index in [0.29, 0.717) is 6.61 Å². The Hall–Kier alpha value is -1.39. The number of hydrogen-bond acceptors (Lipinski definition) is 4. The molecule has 0 rings (SSSR count). The zero-order valence-electron chi connectivity index (χ0n) is 9.74. The van der Waals surface area contributed by atoms with Gasteiger partial charge in [0.1, 0.15) is 6.79 Å². The first kappa shape index (κ1) is 17.0. The van der Waals surface area contributed by atoms with Crippen molar-refractivity contribution in [2.24, 2.45) is 0 Å². The summed E-state index contributed by atoms with van der Waals surface area (Å²) in [5, 5.41) is 8.30. The number of carboxylic acids is 1. The molecule has 0 aromatic rings. The quantitative estimate of drug-likeness (QED) is 0.509. The Morgan fingerprint density at radius 1 is 1.12 bits per heavy atom. The molecule has 0 aliphatic heterocycles. The highest BCUT2D eigenvalue weighted by molar-refractivity contribution is 5.76. The minimum absolute atomic E-state index is 0.0247. The number of esters is 1. The molecule has 0 fully saturated rings. The Morgan fingerprint density at radius 3 is 2.25 bits per heavy atom. The fourth-order valence-corrected chi connectivity index (χ4v) is 0.996. The SMILES string of the molecule is C=O.CCCCCCOC(=O)CCC(=O)O. The van der Waals surface area contributed by atoms with Gasteiger partial charge in [-0.1, -0.05) is 26.2 Å². The molecule has 0 heterocycles. The van der Waals surface area contributed by atoms with Crippen molar-refractivity contribution in [2.45, 2.75) is 45.4 Å². The van der Waals surface area contributed by atoms with Gasteiger partial charge in [0.05, 0.1) is 19.4 Å². The number of unbranched alkanes of at least 4 members (excludes halogenated alkanes) is 3. The molecule has 0 aromatic carbocycles. The van der Waals surface area contributed by atoms with Crippen LogP contribution in [0.5, 0.6) is 0 Å². The van der Waals surface area contributed by atoms with E-state index < -0.39 is 11.9 Å². The van der Waals surface area contributed by atoms with Crippen molar-refractivity contribution in [2.75, 3.05) is 6.61 Å². The fourth-order valence-electron chi connectivity index (χ4n) is 0.996. The van der Waals surface area contributed by atoms with Gasteiger partial charge in [-0.15, -0.1) is 0 Å². The fraction of sp³-hybridized carbons (Fsp3) is 0.727. The molecule has 0 spiro atoms. The van der Waals surface area contributed by atoms with Crippen LogP contribution in [0, 0.1) is 0 Å². The maximum absolute atomic E-state index is 10.9. The molecule has 5 nitrogen and oxygen atoms in total. The maximum atomic E-state index is 10.9. The minimum Gasteiger partial charge on any atom is -0.481 e. The third-order valence-electron chi connectivity index (χ3n) is 1.80. The average Bonchev–Trinajstić information content (AvgIpc) is 2.29. The average molecular weight is 232 g/mol. The van der Waals surface area contributed by atoms with Crippen molar-refractivity contribution in [3.05, 3.63) is 0 Å². The third-order valence-corrected chi connectivity index (χ3v) is 1.80. The van der Waals surface area contributed by atoms with Crippen LogP contribution >= 0.6 is 0 Å². The summed E-state index contributed by atoms with van der Waals surface area (Å²) in [6.45, 7) is 4.53. The van der Waals surface area contributed by atoms with Crippen molar-refractivity contribution in [1.29, 1.82) is 0 Å². The summed E-state index contributed by atoms with van der Waals surface area (Å²) in [6.07, 6.45) is 4.05. The van der Waals surface area contributed by atoms with Crippen LogP contribution in [0.15, 0.2) is 0 Å². The number of carbonyl (C=O) groups is 3. The lowest BCUT2D eigenvalue weighted by atomic mass is 10.2. The summed E-state index contributed by atoms with van der Waals surface area (Å²) in [5.74, 6) is -1.38. The molecular weight excluding hydrogens is 212 g/mol. The first-order chi connectivity index (χ1) is 7.66. The van der Waals surface area contributed by atoms with E-state index in [1.165, 1.54) is 0 Å². The van der Waals surface area contributed by atoms with Crippen LogP contribution in [0.1, 0.15) is 45.4 Å². The van der Waals surface area contributed by atoms with E-state index in [2.05, 4.69) is 6.92 Å². The Balaban J connectivity index is 0. The summed E-state index contributed by atoms with van der Waals surface area (Å²) in [4.78, 5) is 29.0. The molecule has 0 atom stereocenters. The Labute approximate surface area is 95.8 Å². The lowest BCUT2D eigenvalue weighted by molar-refractivity contribution is -0.147. The minimum atomic E-state index is -0.965. The van der Waals surface area contributed by atoms with E-state index in [9.17, 15) is 9.59 Å². The third kappa shape index (κ3) is 15.1. The zero-order valence-corrected chi connectivity index (χ0v) is 9.74. The van der Waals surface area contributed by atoms with Crippen LogP contribution in [0.3, 0.4) is 0 Å². The number of rotatable bonds is 8. The molecule has 0 aliphatic carbocycles. The molecule has 5 heteroatoms. The number of aliphatic carboxylic acids is 1. The van der Waals surface area contributed by atoms with Gasteiger partial charge in [-0.25, -0.2) is 0 Å². The predicted octanol–water partition coefficient (Wildman–Crippen LogP) is 1.79. The number of carbonyl (C=O) groups excluding carboxylic acids is 2. The highest BCUT2D eigenvalue weighted by Crippen LogP contribution is 2.00. The van der Waals surface area contributed by atoms with Gasteiger partial charge < -0.3 is 14.6 Å². The maximum Gasteiger partial charge on any atom is 0.306 e. The molecule has 0 saturated heterocycles. The largest absolute Gasteiger partial charge is 0.481 e. The first-order valence-corrected chi connectivity index (χ1v) is 5.33. The van der Waals surface area contributed by atoms with E-state index >= 15 is 0 Å². The second kappa shape index (κ2) is 13.6. The summed E-state index contributed by atoms with van der Waals surface area (Å²) in [5.41, 5.74) is 0. The number of carboxylic acid groups (broad SMARTS) is 1. The monoisotopic (exact) mass is 232 g/mol. The summed E-state index contributed by atoms with van der Waals surface area (Å²) in [6, 6.07) is 0. The predicted molar refractivity (Wildman–Crippen MR) is 59.1 cm³/mol. The molecule has 0 aliphatic rings. The number of ether oxygens (including phenoxy) is 1. The lowest BCUT2D eigenvalue weighted by Gasteiger charge is -2.02. The van der Waals surface area contributed by atoms with Crippen LogP contribution in [0.2, 0.25) is 0 Å². The second-order valence-electron chi connectivity index (χ2n) is 3.17. The lowest BCUT2D eigenvalue weighted by Crippen LogP contribution is -2.08. The van der Waals surface area contributed by atoms with Gasteiger partial charge in [0.25, 0.3) is 0 Å².